The van der Waals surface area contributed by atoms with Crippen LogP contribution in [0.3, 0.4) is 0 Å². The van der Waals surface area contributed by atoms with E-state index in [1.807, 2.05) is 42.5 Å². The molecule has 1 aromatic heterocycles. The van der Waals surface area contributed by atoms with Crippen molar-refractivity contribution in [1.29, 1.82) is 0 Å². The van der Waals surface area contributed by atoms with Crippen LogP contribution in [0.4, 0.5) is 5.82 Å². The molecule has 0 aliphatic heterocycles. The molecule has 0 fully saturated rings. The molecule has 0 amide bonds. The summed E-state index contributed by atoms with van der Waals surface area (Å²) in [5.41, 5.74) is 1.25. The molecule has 1 aromatic carbocycles. The van der Waals surface area contributed by atoms with E-state index in [9.17, 15) is 0 Å². The normalized spacial score (nSPS) is 10.3. The number of benzene rings is 1. The summed E-state index contributed by atoms with van der Waals surface area (Å²) >= 11 is 7.58. The summed E-state index contributed by atoms with van der Waals surface area (Å²) in [6, 6.07) is 14.0. The van der Waals surface area contributed by atoms with Crippen LogP contribution in [0, 0.1) is 0 Å². The van der Waals surface area contributed by atoms with Crippen molar-refractivity contribution in [2.75, 3.05) is 11.9 Å². The van der Waals surface area contributed by atoms with Crippen molar-refractivity contribution in [3.63, 3.8) is 0 Å². The lowest BCUT2D eigenvalue weighted by Gasteiger charge is -2.05. The van der Waals surface area contributed by atoms with Crippen molar-refractivity contribution in [3.8, 4) is 0 Å². The average molecular weight is 279 g/mol. The molecule has 2 rings (SSSR count). The van der Waals surface area contributed by atoms with Gasteiger partial charge >= 0.3 is 0 Å². The van der Waals surface area contributed by atoms with E-state index in [0.29, 0.717) is 0 Å². The molecule has 0 saturated heterocycles. The van der Waals surface area contributed by atoms with Crippen molar-refractivity contribution in [3.05, 3.63) is 53.1 Å². The highest BCUT2D eigenvalue weighted by molar-refractivity contribution is 7.98. The molecule has 0 saturated carbocycles. The van der Waals surface area contributed by atoms with Gasteiger partial charge in [-0.15, -0.1) is 11.8 Å². The molecular formula is C14H15ClN2S. The van der Waals surface area contributed by atoms with Crippen LogP contribution >= 0.6 is 23.4 Å². The van der Waals surface area contributed by atoms with E-state index in [0.717, 1.165) is 28.2 Å². The number of rotatable bonds is 5. The summed E-state index contributed by atoms with van der Waals surface area (Å²) in [5, 5.41) is 5.02. The number of anilines is 1. The monoisotopic (exact) mass is 278 g/mol. The highest BCUT2D eigenvalue weighted by Gasteiger charge is 1.99. The maximum Gasteiger partial charge on any atom is 0.127 e. The number of pyridine rings is 1. The third-order valence-electron chi connectivity index (χ3n) is 2.38. The lowest BCUT2D eigenvalue weighted by Crippen LogP contribution is -1.99. The van der Waals surface area contributed by atoms with Gasteiger partial charge in [0.05, 0.1) is 5.03 Å². The Morgan fingerprint density at radius 1 is 1.17 bits per heavy atom. The SMILES string of the molecule is CCNc1cccc(SCc2ccc(Cl)cc2)n1. The summed E-state index contributed by atoms with van der Waals surface area (Å²) < 4.78 is 0. The minimum atomic E-state index is 0.774. The van der Waals surface area contributed by atoms with Crippen LogP contribution in [0.2, 0.25) is 5.02 Å². The summed E-state index contributed by atoms with van der Waals surface area (Å²) in [6.45, 7) is 2.95. The summed E-state index contributed by atoms with van der Waals surface area (Å²) in [6.07, 6.45) is 0. The van der Waals surface area contributed by atoms with Crippen LogP contribution in [0.15, 0.2) is 47.5 Å². The Hall–Kier alpha value is -1.19. The van der Waals surface area contributed by atoms with Crippen molar-refractivity contribution in [2.45, 2.75) is 17.7 Å². The average Bonchev–Trinajstić information content (AvgIpc) is 2.39. The Morgan fingerprint density at radius 3 is 2.67 bits per heavy atom. The number of thioether (sulfide) groups is 1. The standard InChI is InChI=1S/C14H15ClN2S/c1-2-16-13-4-3-5-14(17-13)18-10-11-6-8-12(15)9-7-11/h3-9H,2,10H2,1H3,(H,16,17). The van der Waals surface area contributed by atoms with E-state index >= 15 is 0 Å². The van der Waals surface area contributed by atoms with Crippen molar-refractivity contribution < 1.29 is 0 Å². The van der Waals surface area contributed by atoms with Crippen LogP contribution in [0.1, 0.15) is 12.5 Å². The van der Waals surface area contributed by atoms with E-state index < -0.39 is 0 Å². The summed E-state index contributed by atoms with van der Waals surface area (Å²) in [5.74, 6) is 1.83. The Morgan fingerprint density at radius 2 is 1.94 bits per heavy atom. The molecule has 0 aliphatic carbocycles. The first-order chi connectivity index (χ1) is 8.78. The van der Waals surface area contributed by atoms with Gasteiger partial charge in [0.15, 0.2) is 0 Å². The van der Waals surface area contributed by atoms with Gasteiger partial charge in [-0.05, 0) is 36.8 Å². The Labute approximate surface area is 117 Å². The highest BCUT2D eigenvalue weighted by Crippen LogP contribution is 2.22. The number of halogens is 1. The van der Waals surface area contributed by atoms with E-state index in [-0.39, 0.29) is 0 Å². The van der Waals surface area contributed by atoms with Gasteiger partial charge in [-0.1, -0.05) is 29.8 Å². The van der Waals surface area contributed by atoms with E-state index in [4.69, 9.17) is 11.6 Å². The molecule has 2 aromatic rings. The van der Waals surface area contributed by atoms with Crippen LogP contribution in [0.25, 0.3) is 0 Å². The zero-order valence-electron chi connectivity index (χ0n) is 10.2. The minimum absolute atomic E-state index is 0.774. The molecular weight excluding hydrogens is 264 g/mol. The number of nitrogens with zero attached hydrogens (tertiary/aromatic N) is 1. The third kappa shape index (κ3) is 3.93. The first-order valence-corrected chi connectivity index (χ1v) is 7.22. The predicted molar refractivity (Wildman–Crippen MR) is 79.4 cm³/mol. The molecule has 0 unspecified atom stereocenters. The van der Waals surface area contributed by atoms with Crippen LogP contribution in [0.5, 0.6) is 0 Å². The smallest absolute Gasteiger partial charge is 0.127 e. The zero-order chi connectivity index (χ0) is 12.8. The van der Waals surface area contributed by atoms with Gasteiger partial charge < -0.3 is 5.32 Å². The largest absolute Gasteiger partial charge is 0.370 e. The van der Waals surface area contributed by atoms with Gasteiger partial charge in [0, 0.05) is 17.3 Å². The van der Waals surface area contributed by atoms with Crippen LogP contribution in [-0.4, -0.2) is 11.5 Å². The van der Waals surface area contributed by atoms with E-state index in [2.05, 4.69) is 17.2 Å². The fourth-order valence-electron chi connectivity index (χ4n) is 1.51. The topological polar surface area (TPSA) is 24.9 Å². The number of nitrogens with one attached hydrogen (secondary N) is 1. The minimum Gasteiger partial charge on any atom is -0.370 e. The molecule has 1 heterocycles. The highest BCUT2D eigenvalue weighted by atomic mass is 35.5. The summed E-state index contributed by atoms with van der Waals surface area (Å²) in [4.78, 5) is 4.52. The molecule has 0 bridgehead atoms. The Kier molecular flexibility index (Phi) is 4.90. The maximum atomic E-state index is 5.86. The van der Waals surface area contributed by atoms with Gasteiger partial charge in [0.1, 0.15) is 5.82 Å². The quantitative estimate of drug-likeness (QED) is 0.818. The Bertz CT molecular complexity index is 499. The van der Waals surface area contributed by atoms with Crippen molar-refractivity contribution in [1.82, 2.24) is 4.98 Å². The molecule has 94 valence electrons. The van der Waals surface area contributed by atoms with Gasteiger partial charge in [0.25, 0.3) is 0 Å². The van der Waals surface area contributed by atoms with E-state index in [1.165, 1.54) is 5.56 Å². The van der Waals surface area contributed by atoms with Crippen molar-refractivity contribution in [2.24, 2.45) is 0 Å². The number of hydrogen-bond donors (Lipinski definition) is 1. The second-order valence-corrected chi connectivity index (χ2v) is 5.24. The molecule has 0 atom stereocenters. The first kappa shape index (κ1) is 13.2. The van der Waals surface area contributed by atoms with Crippen molar-refractivity contribution >= 4 is 29.2 Å². The molecule has 1 N–H and O–H groups in total. The molecule has 4 heteroatoms. The number of aromatic nitrogens is 1. The fraction of sp³-hybridized carbons (Fsp3) is 0.214. The predicted octanol–water partition coefficient (Wildman–Crippen LogP) is 4.46. The fourth-order valence-corrected chi connectivity index (χ4v) is 2.48. The molecule has 0 aliphatic rings. The van der Waals surface area contributed by atoms with Gasteiger partial charge in [0.2, 0.25) is 0 Å². The van der Waals surface area contributed by atoms with Gasteiger partial charge in [-0.2, -0.15) is 0 Å². The molecule has 18 heavy (non-hydrogen) atoms. The van der Waals surface area contributed by atoms with Gasteiger partial charge in [-0.3, -0.25) is 0 Å². The number of hydrogen-bond acceptors (Lipinski definition) is 3. The van der Waals surface area contributed by atoms with Crippen LogP contribution in [-0.2, 0) is 5.75 Å². The second-order valence-electron chi connectivity index (χ2n) is 3.81. The van der Waals surface area contributed by atoms with Gasteiger partial charge in [-0.25, -0.2) is 4.98 Å². The summed E-state index contributed by atoms with van der Waals surface area (Å²) in [7, 11) is 0. The first-order valence-electron chi connectivity index (χ1n) is 5.86. The van der Waals surface area contributed by atoms with E-state index in [1.54, 1.807) is 11.8 Å². The molecule has 0 spiro atoms. The Balaban J connectivity index is 1.97. The second kappa shape index (κ2) is 6.66. The third-order valence-corrected chi connectivity index (χ3v) is 3.63. The molecule has 0 radical (unpaired) electrons. The molecule has 2 nitrogen and oxygen atoms in total. The zero-order valence-corrected chi connectivity index (χ0v) is 11.8. The lowest BCUT2D eigenvalue weighted by molar-refractivity contribution is 1.08. The lowest BCUT2D eigenvalue weighted by atomic mass is 10.2. The maximum absolute atomic E-state index is 5.86. The van der Waals surface area contributed by atoms with Crippen LogP contribution < -0.4 is 5.32 Å².